The van der Waals surface area contributed by atoms with Gasteiger partial charge in [-0.25, -0.2) is 21.6 Å². The van der Waals surface area contributed by atoms with Crippen LogP contribution in [0, 0.1) is 0 Å². The number of ether oxygens (including phenoxy) is 3. The number of alkyl carbamates (subject to hydrolysis) is 1. The number of hydrogen-bond acceptors (Lipinski definition) is 10. The number of piperidine rings is 1. The number of fused-ring (bicyclic) bond motifs is 1. The molecule has 3 aromatic rings. The molecule has 3 fully saturated rings. The lowest BCUT2D eigenvalue weighted by Gasteiger charge is -2.37. The van der Waals surface area contributed by atoms with Gasteiger partial charge in [-0.3, -0.25) is 4.79 Å². The molecule has 1 amide bonds. The molecule has 254 valence electrons. The number of sulfonamides is 1. The van der Waals surface area contributed by atoms with Gasteiger partial charge in [-0.2, -0.15) is 4.31 Å². The second-order valence-electron chi connectivity index (χ2n) is 12.4. The van der Waals surface area contributed by atoms with Crippen LogP contribution in [-0.4, -0.2) is 92.8 Å². The summed E-state index contributed by atoms with van der Waals surface area (Å²) in [6, 6.07) is 12.7. The van der Waals surface area contributed by atoms with Gasteiger partial charge in [0, 0.05) is 31.2 Å². The molecule has 47 heavy (non-hydrogen) atoms. The fourth-order valence-electron chi connectivity index (χ4n) is 6.26. The average molecular weight is 690 g/mol. The van der Waals surface area contributed by atoms with Gasteiger partial charge < -0.3 is 29.2 Å². The van der Waals surface area contributed by atoms with Gasteiger partial charge in [0.2, 0.25) is 15.5 Å². The van der Waals surface area contributed by atoms with Crippen molar-refractivity contribution in [2.45, 2.75) is 78.4 Å². The highest BCUT2D eigenvalue weighted by Crippen LogP contribution is 2.37. The number of sulfone groups is 1. The SMILES string of the molecule is CCn1cc(S(=O)(=O)N2CCC3(CC2)C[C@@H](NC(=O)OC[C@@H](O)COc2cccc(S(=O)(=O)C4CC4)c2)CO3)c(=O)c2ccccc21. The minimum atomic E-state index is -4.05. The summed E-state index contributed by atoms with van der Waals surface area (Å²) in [5, 5.41) is 13.0. The van der Waals surface area contributed by atoms with E-state index in [9.17, 15) is 31.5 Å². The number of benzene rings is 2. The van der Waals surface area contributed by atoms with Crippen LogP contribution >= 0.6 is 0 Å². The molecule has 1 aromatic heterocycles. The van der Waals surface area contributed by atoms with Crippen molar-refractivity contribution in [3.05, 3.63) is 65.0 Å². The first-order chi connectivity index (χ1) is 22.4. The standard InChI is InChI=1S/C32H39N3O10S2/c1-2-34-18-29(30(37)27-8-3-4-9-28(27)34)47(41,42)35-14-12-32(13-15-35)17-22(19-45-32)33-31(38)44-21-23(36)20-43-24-6-5-7-26(16-24)46(39,40)25-10-11-25/h3-9,16,18,22-23,25,36H,2,10-15,17,19-21H2,1H3,(H,33,38)/t22-,23+/m1/s1. The van der Waals surface area contributed by atoms with Gasteiger partial charge in [0.1, 0.15) is 30.0 Å². The van der Waals surface area contributed by atoms with Crippen molar-refractivity contribution in [1.82, 2.24) is 14.2 Å². The monoisotopic (exact) mass is 689 g/mol. The van der Waals surface area contributed by atoms with E-state index in [-0.39, 0.29) is 59.7 Å². The summed E-state index contributed by atoms with van der Waals surface area (Å²) in [5.74, 6) is 0.290. The fraction of sp³-hybridized carbons (Fsp3) is 0.500. The van der Waals surface area contributed by atoms with Crippen LogP contribution in [0.25, 0.3) is 10.9 Å². The number of aliphatic hydroxyl groups is 1. The van der Waals surface area contributed by atoms with Crippen LogP contribution in [0.5, 0.6) is 5.75 Å². The Morgan fingerprint density at radius 1 is 1.09 bits per heavy atom. The van der Waals surface area contributed by atoms with E-state index >= 15 is 0 Å². The number of carbonyl (C=O) groups is 1. The van der Waals surface area contributed by atoms with Crippen LogP contribution < -0.4 is 15.5 Å². The first-order valence-electron chi connectivity index (χ1n) is 15.8. The Morgan fingerprint density at radius 3 is 2.55 bits per heavy atom. The summed E-state index contributed by atoms with van der Waals surface area (Å²) in [4.78, 5) is 25.6. The molecule has 2 aliphatic heterocycles. The number of aromatic nitrogens is 1. The fourth-order valence-corrected chi connectivity index (χ4v) is 9.49. The van der Waals surface area contributed by atoms with Crippen LogP contribution in [0.1, 0.15) is 39.0 Å². The Kier molecular flexibility index (Phi) is 9.37. The minimum absolute atomic E-state index is 0.166. The number of aliphatic hydroxyl groups excluding tert-OH is 1. The zero-order valence-corrected chi connectivity index (χ0v) is 27.7. The first-order valence-corrected chi connectivity index (χ1v) is 18.7. The van der Waals surface area contributed by atoms with Crippen molar-refractivity contribution >= 4 is 36.9 Å². The Balaban J connectivity index is 0.970. The van der Waals surface area contributed by atoms with Crippen molar-refractivity contribution in [2.24, 2.45) is 0 Å². The number of nitrogens with one attached hydrogen (secondary N) is 1. The molecule has 15 heteroatoms. The lowest BCUT2D eigenvalue weighted by molar-refractivity contribution is -0.0312. The van der Waals surface area contributed by atoms with Crippen LogP contribution in [-0.2, 0) is 35.9 Å². The Labute approximate surface area is 273 Å². The first kappa shape index (κ1) is 33.4. The van der Waals surface area contributed by atoms with Crippen molar-refractivity contribution in [1.29, 1.82) is 0 Å². The lowest BCUT2D eigenvalue weighted by atomic mass is 9.88. The van der Waals surface area contributed by atoms with Crippen LogP contribution in [0.2, 0.25) is 0 Å². The van der Waals surface area contributed by atoms with Crippen molar-refractivity contribution in [3.63, 3.8) is 0 Å². The average Bonchev–Trinajstić information content (AvgIpc) is 3.87. The maximum atomic E-state index is 13.6. The number of aryl methyl sites for hydroxylation is 1. The topological polar surface area (TPSA) is 171 Å². The molecule has 2 aromatic carbocycles. The third kappa shape index (κ3) is 7.04. The van der Waals surface area contributed by atoms with Gasteiger partial charge in [0.05, 0.1) is 33.9 Å². The number of hydrogen-bond donors (Lipinski definition) is 2. The molecule has 0 bridgehead atoms. The minimum Gasteiger partial charge on any atom is -0.491 e. The molecule has 3 heterocycles. The van der Waals surface area contributed by atoms with Gasteiger partial charge >= 0.3 is 6.09 Å². The Bertz CT molecular complexity index is 1920. The molecule has 0 radical (unpaired) electrons. The molecule has 0 unspecified atom stereocenters. The number of pyridine rings is 1. The van der Waals surface area contributed by atoms with E-state index in [1.54, 1.807) is 34.9 Å². The normalized spacial score (nSPS) is 20.7. The van der Waals surface area contributed by atoms with Crippen molar-refractivity contribution < 1.29 is 40.9 Å². The van der Waals surface area contributed by atoms with E-state index in [1.165, 1.54) is 22.6 Å². The number of rotatable bonds is 11. The molecule has 2 N–H and O–H groups in total. The summed E-state index contributed by atoms with van der Waals surface area (Å²) < 4.78 is 72.0. The van der Waals surface area contributed by atoms with Gasteiger partial charge in [-0.1, -0.05) is 18.2 Å². The Morgan fingerprint density at radius 2 is 1.83 bits per heavy atom. The van der Waals surface area contributed by atoms with E-state index in [1.807, 2.05) is 13.0 Å². The summed E-state index contributed by atoms with van der Waals surface area (Å²) >= 11 is 0. The van der Waals surface area contributed by atoms with E-state index in [0.717, 1.165) is 0 Å². The molecule has 13 nitrogen and oxygen atoms in total. The quantitative estimate of drug-likeness (QED) is 0.305. The molecule has 2 saturated heterocycles. The maximum absolute atomic E-state index is 13.6. The Hall–Kier alpha value is -3.50. The number of amides is 1. The van der Waals surface area contributed by atoms with Crippen molar-refractivity contribution in [3.8, 4) is 5.75 Å². The van der Waals surface area contributed by atoms with E-state index in [0.29, 0.717) is 49.6 Å². The van der Waals surface area contributed by atoms with E-state index < -0.39 is 43.1 Å². The molecule has 1 saturated carbocycles. The molecular formula is C32H39N3O10S2. The lowest BCUT2D eigenvalue weighted by Crippen LogP contribution is -2.47. The predicted molar refractivity (Wildman–Crippen MR) is 172 cm³/mol. The van der Waals surface area contributed by atoms with Crippen LogP contribution in [0.15, 0.2) is 69.3 Å². The van der Waals surface area contributed by atoms with Gasteiger partial charge in [0.25, 0.3) is 0 Å². The molecule has 3 aliphatic rings. The zero-order chi connectivity index (χ0) is 33.4. The third-order valence-electron chi connectivity index (χ3n) is 9.02. The van der Waals surface area contributed by atoms with Crippen LogP contribution in [0.4, 0.5) is 4.79 Å². The summed E-state index contributed by atoms with van der Waals surface area (Å²) in [6.45, 7) is 2.40. The highest BCUT2D eigenvalue weighted by atomic mass is 32.2. The summed E-state index contributed by atoms with van der Waals surface area (Å²) in [5.41, 5.74) is -0.457. The summed E-state index contributed by atoms with van der Waals surface area (Å²) in [6.07, 6.45) is 2.09. The number of nitrogens with zero attached hydrogens (tertiary/aromatic N) is 2. The van der Waals surface area contributed by atoms with Gasteiger partial charge in [-0.05, 0) is 69.4 Å². The molecule has 1 aliphatic carbocycles. The second-order valence-corrected chi connectivity index (χ2v) is 16.5. The highest BCUT2D eigenvalue weighted by molar-refractivity contribution is 7.92. The van der Waals surface area contributed by atoms with Gasteiger partial charge in [0.15, 0.2) is 9.84 Å². The number of carbonyl (C=O) groups excluding carboxylic acids is 1. The maximum Gasteiger partial charge on any atom is 0.407 e. The molecular weight excluding hydrogens is 650 g/mol. The van der Waals surface area contributed by atoms with Crippen molar-refractivity contribution in [2.75, 3.05) is 32.9 Å². The highest BCUT2D eigenvalue weighted by Gasteiger charge is 2.46. The smallest absolute Gasteiger partial charge is 0.407 e. The third-order valence-corrected chi connectivity index (χ3v) is 13.2. The molecule has 1 spiro atoms. The number of para-hydroxylation sites is 1. The molecule has 6 rings (SSSR count). The van der Waals surface area contributed by atoms with E-state index in [2.05, 4.69) is 5.32 Å². The summed E-state index contributed by atoms with van der Waals surface area (Å²) in [7, 11) is -7.42. The van der Waals surface area contributed by atoms with Gasteiger partial charge in [-0.15, -0.1) is 0 Å². The largest absolute Gasteiger partial charge is 0.491 e. The van der Waals surface area contributed by atoms with Crippen LogP contribution in [0.3, 0.4) is 0 Å². The predicted octanol–water partition coefficient (Wildman–Crippen LogP) is 2.44. The molecule has 2 atom stereocenters. The second kappa shape index (κ2) is 13.2. The zero-order valence-electron chi connectivity index (χ0n) is 26.0. The van der Waals surface area contributed by atoms with E-state index in [4.69, 9.17) is 14.2 Å².